The molecule has 1 N–H and O–H groups in total. The van der Waals surface area contributed by atoms with E-state index >= 15 is 0 Å². The largest absolute Gasteiger partial charge is 0.321 e. The second kappa shape index (κ2) is 7.27. The number of rotatable bonds is 4. The molecule has 1 heterocycles. The van der Waals surface area contributed by atoms with Crippen molar-refractivity contribution in [2.24, 2.45) is 0 Å². The Morgan fingerprint density at radius 2 is 1.75 bits per heavy atom. The van der Waals surface area contributed by atoms with Crippen molar-refractivity contribution in [2.45, 2.75) is 11.8 Å². The zero-order chi connectivity index (χ0) is 16.9. The van der Waals surface area contributed by atoms with Gasteiger partial charge in [0.05, 0.1) is 16.9 Å². The lowest BCUT2D eigenvalue weighted by molar-refractivity contribution is 0.102. The summed E-state index contributed by atoms with van der Waals surface area (Å²) in [7, 11) is 0. The van der Waals surface area contributed by atoms with Gasteiger partial charge in [0.15, 0.2) is 5.82 Å². The first-order chi connectivity index (χ1) is 11.7. The van der Waals surface area contributed by atoms with Gasteiger partial charge in [0, 0.05) is 16.7 Å². The number of aromatic nitrogens is 2. The number of aryl methyl sites for hydroxylation is 1. The van der Waals surface area contributed by atoms with E-state index in [4.69, 9.17) is 0 Å². The van der Waals surface area contributed by atoms with Gasteiger partial charge in [-0.2, -0.15) is 0 Å². The molecule has 0 radical (unpaired) electrons. The molecule has 0 aliphatic heterocycles. The molecule has 0 saturated heterocycles. The van der Waals surface area contributed by atoms with Gasteiger partial charge in [0.25, 0.3) is 5.91 Å². The van der Waals surface area contributed by atoms with Crippen molar-refractivity contribution in [3.05, 3.63) is 72.1 Å². The van der Waals surface area contributed by atoms with Crippen molar-refractivity contribution in [2.75, 3.05) is 11.6 Å². The van der Waals surface area contributed by atoms with Crippen LogP contribution in [0.2, 0.25) is 0 Å². The Balaban J connectivity index is 1.86. The summed E-state index contributed by atoms with van der Waals surface area (Å²) in [6.07, 6.45) is 3.57. The van der Waals surface area contributed by atoms with Gasteiger partial charge < -0.3 is 5.32 Å². The predicted octanol–water partition coefficient (Wildman–Crippen LogP) is 4.43. The maximum atomic E-state index is 12.6. The van der Waals surface area contributed by atoms with Gasteiger partial charge in [-0.25, -0.2) is 9.97 Å². The molecular weight excluding hydrogens is 318 g/mol. The second-order valence-corrected chi connectivity index (χ2v) is 6.06. The highest BCUT2D eigenvalue weighted by atomic mass is 32.2. The fourth-order valence-corrected chi connectivity index (χ4v) is 2.91. The summed E-state index contributed by atoms with van der Waals surface area (Å²) < 4.78 is 0. The number of benzene rings is 2. The van der Waals surface area contributed by atoms with Crippen LogP contribution in [0.4, 0.5) is 5.69 Å². The van der Waals surface area contributed by atoms with Gasteiger partial charge in [-0.15, -0.1) is 11.8 Å². The van der Waals surface area contributed by atoms with Gasteiger partial charge in [-0.3, -0.25) is 4.79 Å². The first-order valence-corrected chi connectivity index (χ1v) is 8.75. The Labute approximate surface area is 145 Å². The zero-order valence-electron chi connectivity index (χ0n) is 13.5. The third-order valence-corrected chi connectivity index (χ3v) is 4.41. The van der Waals surface area contributed by atoms with E-state index in [1.807, 2.05) is 67.8 Å². The molecule has 4 nitrogen and oxygen atoms in total. The number of thioether (sulfide) groups is 1. The van der Waals surface area contributed by atoms with Crippen LogP contribution in [0.25, 0.3) is 11.4 Å². The fourth-order valence-electron chi connectivity index (χ4n) is 2.35. The molecule has 0 spiro atoms. The van der Waals surface area contributed by atoms with E-state index in [2.05, 4.69) is 15.3 Å². The number of amides is 1. The van der Waals surface area contributed by atoms with Crippen LogP contribution in [-0.2, 0) is 0 Å². The van der Waals surface area contributed by atoms with Gasteiger partial charge in [-0.05, 0) is 25.3 Å². The lowest BCUT2D eigenvalue weighted by Crippen LogP contribution is -2.15. The molecule has 0 aliphatic rings. The van der Waals surface area contributed by atoms with Crippen LogP contribution >= 0.6 is 11.8 Å². The maximum absolute atomic E-state index is 12.6. The number of hydrogen-bond donors (Lipinski definition) is 1. The summed E-state index contributed by atoms with van der Waals surface area (Å²) in [4.78, 5) is 22.4. The Bertz CT molecular complexity index is 865. The van der Waals surface area contributed by atoms with Gasteiger partial charge in [0.1, 0.15) is 0 Å². The van der Waals surface area contributed by atoms with Crippen molar-refractivity contribution in [1.29, 1.82) is 0 Å². The third kappa shape index (κ3) is 3.46. The van der Waals surface area contributed by atoms with E-state index in [0.717, 1.165) is 16.1 Å². The molecule has 5 heteroatoms. The Morgan fingerprint density at radius 1 is 1.04 bits per heavy atom. The number of nitrogens with one attached hydrogen (secondary N) is 1. The van der Waals surface area contributed by atoms with Gasteiger partial charge in [0.2, 0.25) is 0 Å². The molecule has 3 rings (SSSR count). The van der Waals surface area contributed by atoms with Crippen molar-refractivity contribution in [3.8, 4) is 11.4 Å². The van der Waals surface area contributed by atoms with Gasteiger partial charge >= 0.3 is 0 Å². The van der Waals surface area contributed by atoms with Crippen LogP contribution in [0.5, 0.6) is 0 Å². The van der Waals surface area contributed by atoms with Crippen molar-refractivity contribution in [3.63, 3.8) is 0 Å². The molecule has 0 aliphatic carbocycles. The van der Waals surface area contributed by atoms with Crippen LogP contribution < -0.4 is 5.32 Å². The molecule has 24 heavy (non-hydrogen) atoms. The summed E-state index contributed by atoms with van der Waals surface area (Å²) in [5.74, 6) is 0.419. The van der Waals surface area contributed by atoms with E-state index in [0.29, 0.717) is 17.1 Å². The standard InChI is InChI=1S/C19H17N3OS/c1-13-15(12-20-18(21-13)14-8-4-3-5-9-14)19(23)22-16-10-6-7-11-17(16)24-2/h3-12H,1-2H3,(H,22,23). The number of carbonyl (C=O) groups is 1. The SMILES string of the molecule is CSc1ccccc1NC(=O)c1cnc(-c2ccccc2)nc1C. The molecule has 0 fully saturated rings. The molecule has 2 aromatic carbocycles. The Hall–Kier alpha value is -2.66. The molecule has 0 saturated carbocycles. The van der Waals surface area contributed by atoms with Crippen LogP contribution in [0, 0.1) is 6.92 Å². The van der Waals surface area contributed by atoms with Gasteiger partial charge in [-0.1, -0.05) is 42.5 Å². The highest BCUT2D eigenvalue weighted by molar-refractivity contribution is 7.98. The quantitative estimate of drug-likeness (QED) is 0.717. The monoisotopic (exact) mass is 335 g/mol. The predicted molar refractivity (Wildman–Crippen MR) is 98.4 cm³/mol. The Morgan fingerprint density at radius 3 is 2.46 bits per heavy atom. The van der Waals surface area contributed by atoms with Crippen LogP contribution in [-0.4, -0.2) is 22.1 Å². The number of para-hydroxylation sites is 1. The highest BCUT2D eigenvalue weighted by Crippen LogP contribution is 2.25. The second-order valence-electron chi connectivity index (χ2n) is 5.21. The normalized spacial score (nSPS) is 10.4. The van der Waals surface area contributed by atoms with E-state index in [-0.39, 0.29) is 5.91 Å². The van der Waals surface area contributed by atoms with Crippen molar-refractivity contribution >= 4 is 23.4 Å². The molecular formula is C19H17N3OS. The summed E-state index contributed by atoms with van der Waals surface area (Å²) in [5, 5.41) is 2.94. The maximum Gasteiger partial charge on any atom is 0.259 e. The Kier molecular flexibility index (Phi) is 4.91. The minimum absolute atomic E-state index is 0.200. The van der Waals surface area contributed by atoms with Crippen molar-refractivity contribution in [1.82, 2.24) is 9.97 Å². The van der Waals surface area contributed by atoms with Crippen molar-refractivity contribution < 1.29 is 4.79 Å². The van der Waals surface area contributed by atoms with E-state index in [9.17, 15) is 4.79 Å². The average molecular weight is 335 g/mol. The molecule has 1 aromatic heterocycles. The summed E-state index contributed by atoms with van der Waals surface area (Å²) >= 11 is 1.59. The minimum atomic E-state index is -0.200. The minimum Gasteiger partial charge on any atom is -0.321 e. The topological polar surface area (TPSA) is 54.9 Å². The van der Waals surface area contributed by atoms with Crippen LogP contribution in [0.15, 0.2) is 65.7 Å². The molecule has 1 amide bonds. The summed E-state index contributed by atoms with van der Waals surface area (Å²) in [6, 6.07) is 17.4. The number of hydrogen-bond acceptors (Lipinski definition) is 4. The zero-order valence-corrected chi connectivity index (χ0v) is 14.3. The summed E-state index contributed by atoms with van der Waals surface area (Å²) in [6.45, 7) is 1.82. The lowest BCUT2D eigenvalue weighted by Gasteiger charge is -2.11. The smallest absolute Gasteiger partial charge is 0.259 e. The van der Waals surface area contributed by atoms with E-state index in [1.165, 1.54) is 0 Å². The highest BCUT2D eigenvalue weighted by Gasteiger charge is 2.14. The lowest BCUT2D eigenvalue weighted by atomic mass is 10.2. The average Bonchev–Trinajstić information content (AvgIpc) is 2.62. The molecule has 0 unspecified atom stereocenters. The third-order valence-electron chi connectivity index (χ3n) is 3.61. The first-order valence-electron chi connectivity index (χ1n) is 7.52. The first kappa shape index (κ1) is 16.2. The number of anilines is 1. The van der Waals surface area contributed by atoms with Crippen LogP contribution in [0.3, 0.4) is 0 Å². The molecule has 0 atom stereocenters. The molecule has 0 bridgehead atoms. The molecule has 120 valence electrons. The fraction of sp³-hybridized carbons (Fsp3) is 0.105. The van der Waals surface area contributed by atoms with E-state index in [1.54, 1.807) is 18.0 Å². The molecule has 3 aromatic rings. The van der Waals surface area contributed by atoms with E-state index < -0.39 is 0 Å². The number of nitrogens with zero attached hydrogens (tertiary/aromatic N) is 2. The van der Waals surface area contributed by atoms with Crippen LogP contribution in [0.1, 0.15) is 16.1 Å². The summed E-state index contributed by atoms with van der Waals surface area (Å²) in [5.41, 5.74) is 2.86. The number of carbonyl (C=O) groups excluding carboxylic acids is 1.